The number of H-pyrrole nitrogens is 1. The van der Waals surface area contributed by atoms with Crippen molar-refractivity contribution in [3.05, 3.63) is 41.0 Å². The van der Waals surface area contributed by atoms with Gasteiger partial charge in [-0.3, -0.25) is 4.90 Å². The molecule has 5 nitrogen and oxygen atoms in total. The van der Waals surface area contributed by atoms with Gasteiger partial charge in [-0.15, -0.1) is 0 Å². The maximum absolute atomic E-state index is 5.61. The molecule has 1 fully saturated rings. The number of fused-ring (bicyclic) bond motifs is 1. The van der Waals surface area contributed by atoms with Crippen LogP contribution < -0.4 is 9.47 Å². The quantitative estimate of drug-likeness (QED) is 0.902. The van der Waals surface area contributed by atoms with Gasteiger partial charge in [0.15, 0.2) is 11.5 Å². The van der Waals surface area contributed by atoms with Crippen molar-refractivity contribution in [1.29, 1.82) is 0 Å². The van der Waals surface area contributed by atoms with Gasteiger partial charge < -0.3 is 14.5 Å². The van der Waals surface area contributed by atoms with Crippen molar-refractivity contribution in [2.24, 2.45) is 0 Å². The van der Waals surface area contributed by atoms with Gasteiger partial charge in [-0.2, -0.15) is 0 Å². The van der Waals surface area contributed by atoms with Crippen LogP contribution in [0.1, 0.15) is 54.5 Å². The summed E-state index contributed by atoms with van der Waals surface area (Å²) in [5.74, 6) is 2.80. The predicted molar refractivity (Wildman–Crippen MR) is 97.2 cm³/mol. The Morgan fingerprint density at radius 3 is 2.84 bits per heavy atom. The molecule has 25 heavy (non-hydrogen) atoms. The van der Waals surface area contributed by atoms with E-state index in [9.17, 15) is 0 Å². The number of ether oxygens (including phenoxy) is 2. The third-order valence-electron chi connectivity index (χ3n) is 5.51. The highest BCUT2D eigenvalue weighted by molar-refractivity contribution is 5.46. The smallest absolute Gasteiger partial charge is 0.165 e. The number of aromatic amines is 1. The number of benzene rings is 1. The average Bonchev–Trinajstić information content (AvgIpc) is 3.27. The Morgan fingerprint density at radius 1 is 1.16 bits per heavy atom. The number of methoxy groups -OCH3 is 2. The summed E-state index contributed by atoms with van der Waals surface area (Å²) in [6, 6.07) is 6.49. The molecule has 0 saturated carbocycles. The van der Waals surface area contributed by atoms with E-state index in [0.29, 0.717) is 6.04 Å². The first-order chi connectivity index (χ1) is 12.3. The fraction of sp³-hybridized carbons (Fsp3) is 0.550. The zero-order chi connectivity index (χ0) is 17.2. The van der Waals surface area contributed by atoms with Gasteiger partial charge in [-0.05, 0) is 51.1 Å². The average molecular weight is 341 g/mol. The van der Waals surface area contributed by atoms with Gasteiger partial charge in [0.25, 0.3) is 0 Å². The van der Waals surface area contributed by atoms with E-state index < -0.39 is 0 Å². The second kappa shape index (κ2) is 7.08. The lowest BCUT2D eigenvalue weighted by Gasteiger charge is -2.24. The molecule has 2 heterocycles. The van der Waals surface area contributed by atoms with E-state index in [-0.39, 0.29) is 0 Å². The van der Waals surface area contributed by atoms with Gasteiger partial charge in [0.1, 0.15) is 5.82 Å². The van der Waals surface area contributed by atoms with Gasteiger partial charge in [-0.1, -0.05) is 12.1 Å². The molecule has 0 spiro atoms. The third kappa shape index (κ3) is 3.13. The molecule has 0 radical (unpaired) electrons. The van der Waals surface area contributed by atoms with Gasteiger partial charge in [0, 0.05) is 17.8 Å². The molecule has 134 valence electrons. The lowest BCUT2D eigenvalue weighted by molar-refractivity contribution is 0.235. The summed E-state index contributed by atoms with van der Waals surface area (Å²) in [6.45, 7) is 1.95. The lowest BCUT2D eigenvalue weighted by Crippen LogP contribution is -2.24. The van der Waals surface area contributed by atoms with E-state index in [1.807, 2.05) is 12.1 Å². The fourth-order valence-corrected chi connectivity index (χ4v) is 4.26. The summed E-state index contributed by atoms with van der Waals surface area (Å²) in [5, 5.41) is 0. The predicted octanol–water partition coefficient (Wildman–Crippen LogP) is 3.64. The molecule has 1 saturated heterocycles. The summed E-state index contributed by atoms with van der Waals surface area (Å²) in [6.07, 6.45) is 7.21. The number of hydrogen-bond acceptors (Lipinski definition) is 4. The summed E-state index contributed by atoms with van der Waals surface area (Å²) >= 11 is 0. The molecule has 2 aliphatic rings. The Kier molecular flexibility index (Phi) is 4.66. The molecular weight excluding hydrogens is 314 g/mol. The van der Waals surface area contributed by atoms with Crippen LogP contribution >= 0.6 is 0 Å². The van der Waals surface area contributed by atoms with Crippen LogP contribution in [0.3, 0.4) is 0 Å². The zero-order valence-electron chi connectivity index (χ0n) is 15.2. The number of imidazole rings is 1. The Balaban J connectivity index is 1.57. The first-order valence-corrected chi connectivity index (χ1v) is 9.31. The molecule has 1 aromatic heterocycles. The summed E-state index contributed by atoms with van der Waals surface area (Å²) in [4.78, 5) is 11.1. The number of aromatic nitrogens is 2. The number of rotatable bonds is 5. The Morgan fingerprint density at radius 2 is 2.04 bits per heavy atom. The number of hydrogen-bond donors (Lipinski definition) is 1. The highest BCUT2D eigenvalue weighted by atomic mass is 16.5. The number of para-hydroxylation sites is 1. The summed E-state index contributed by atoms with van der Waals surface area (Å²) < 4.78 is 11.1. The molecule has 1 N–H and O–H groups in total. The van der Waals surface area contributed by atoms with Crippen LogP contribution in [0.5, 0.6) is 11.5 Å². The highest BCUT2D eigenvalue weighted by Crippen LogP contribution is 2.37. The van der Waals surface area contributed by atoms with Gasteiger partial charge in [0.2, 0.25) is 0 Å². The minimum Gasteiger partial charge on any atom is -0.493 e. The Bertz CT molecular complexity index is 717. The van der Waals surface area contributed by atoms with Crippen LogP contribution in [0.4, 0.5) is 0 Å². The van der Waals surface area contributed by atoms with Crippen molar-refractivity contribution in [3.8, 4) is 11.5 Å². The van der Waals surface area contributed by atoms with Crippen LogP contribution in [0.25, 0.3) is 0 Å². The maximum Gasteiger partial charge on any atom is 0.165 e. The maximum atomic E-state index is 5.61. The van der Waals surface area contributed by atoms with Crippen LogP contribution in [0.15, 0.2) is 18.2 Å². The van der Waals surface area contributed by atoms with Crippen LogP contribution in [0.2, 0.25) is 0 Å². The van der Waals surface area contributed by atoms with E-state index in [2.05, 4.69) is 16.0 Å². The first-order valence-electron chi connectivity index (χ1n) is 9.31. The molecule has 0 amide bonds. The summed E-state index contributed by atoms with van der Waals surface area (Å²) in [5.41, 5.74) is 3.84. The molecule has 0 bridgehead atoms. The molecule has 5 heteroatoms. The van der Waals surface area contributed by atoms with Crippen LogP contribution in [-0.2, 0) is 19.4 Å². The molecule has 1 unspecified atom stereocenters. The SMILES string of the molecule is COc1cccc(CN2CCCC2c2nc3c([nH]2)CCCC3)c1OC. The standard InChI is InChI=1S/C20H27N3O2/c1-24-18-11-5-7-14(19(18)25-2)13-23-12-6-10-17(23)20-21-15-8-3-4-9-16(15)22-20/h5,7,11,17H,3-4,6,8-10,12-13H2,1-2H3,(H,21,22). The van der Waals surface area contributed by atoms with E-state index in [4.69, 9.17) is 14.5 Å². The van der Waals surface area contributed by atoms with E-state index in [0.717, 1.165) is 43.3 Å². The molecular formula is C20H27N3O2. The number of nitrogens with zero attached hydrogens (tertiary/aromatic N) is 2. The van der Waals surface area contributed by atoms with Crippen molar-refractivity contribution in [1.82, 2.24) is 14.9 Å². The van der Waals surface area contributed by atoms with Crippen molar-refractivity contribution in [2.75, 3.05) is 20.8 Å². The van der Waals surface area contributed by atoms with Crippen LogP contribution in [0, 0.1) is 0 Å². The topological polar surface area (TPSA) is 50.4 Å². The number of likely N-dealkylation sites (tertiary alicyclic amines) is 1. The van der Waals surface area contributed by atoms with Gasteiger partial charge in [0.05, 0.1) is 26.0 Å². The van der Waals surface area contributed by atoms with Crippen LogP contribution in [-0.4, -0.2) is 35.6 Å². The Labute approximate surface area is 149 Å². The second-order valence-electron chi connectivity index (χ2n) is 7.04. The molecule has 4 rings (SSSR count). The van der Waals surface area contributed by atoms with Crippen molar-refractivity contribution < 1.29 is 9.47 Å². The molecule has 1 aliphatic carbocycles. The molecule has 1 aromatic carbocycles. The summed E-state index contributed by atoms with van der Waals surface area (Å²) in [7, 11) is 3.40. The minimum atomic E-state index is 0.376. The minimum absolute atomic E-state index is 0.376. The van der Waals surface area contributed by atoms with Crippen molar-refractivity contribution in [2.45, 2.75) is 51.1 Å². The normalized spacial score (nSPS) is 20.5. The molecule has 2 aromatic rings. The van der Waals surface area contributed by atoms with E-state index >= 15 is 0 Å². The van der Waals surface area contributed by atoms with Gasteiger partial charge in [-0.25, -0.2) is 4.98 Å². The van der Waals surface area contributed by atoms with Gasteiger partial charge >= 0.3 is 0 Å². The van der Waals surface area contributed by atoms with Crippen molar-refractivity contribution >= 4 is 0 Å². The lowest BCUT2D eigenvalue weighted by atomic mass is 10.0. The fourth-order valence-electron chi connectivity index (χ4n) is 4.26. The van der Waals surface area contributed by atoms with E-state index in [1.54, 1.807) is 14.2 Å². The zero-order valence-corrected chi connectivity index (χ0v) is 15.2. The molecule has 1 atom stereocenters. The third-order valence-corrected chi connectivity index (χ3v) is 5.51. The largest absolute Gasteiger partial charge is 0.493 e. The Hall–Kier alpha value is -2.01. The molecule has 1 aliphatic heterocycles. The highest BCUT2D eigenvalue weighted by Gasteiger charge is 2.30. The monoisotopic (exact) mass is 341 g/mol. The number of aryl methyl sites for hydroxylation is 2. The van der Waals surface area contributed by atoms with E-state index in [1.165, 1.54) is 42.6 Å². The second-order valence-corrected chi connectivity index (χ2v) is 7.04. The van der Waals surface area contributed by atoms with Crippen molar-refractivity contribution in [3.63, 3.8) is 0 Å². The first kappa shape index (κ1) is 16.5. The number of nitrogens with one attached hydrogen (secondary N) is 1.